The van der Waals surface area contributed by atoms with Crippen molar-refractivity contribution in [2.75, 3.05) is 6.61 Å². The normalized spacial score (nSPS) is 26.1. The third kappa shape index (κ3) is 4.27. The highest BCUT2D eigenvalue weighted by atomic mass is 16.5. The lowest BCUT2D eigenvalue weighted by Gasteiger charge is -2.40. The molecular formula is C25H31NO6. The Balaban J connectivity index is 1.71. The maximum Gasteiger partial charge on any atom is 0.119 e. The lowest BCUT2D eigenvalue weighted by Crippen LogP contribution is -2.55. The standard InChI is InChI=1S/C25H31NO6/c1-14(2)31-17-9-7-16(8-10-17)11-26-12-18(21-15(3)5-4-6-19(21)26)25-24(30)23(29)22(28)20(13-27)32-25/h4-10,12,14,20,22-25,27-30H,11,13H2,1-3H3/t20-,22-,23+,24-,25+/m1/s1. The first kappa shape index (κ1) is 22.8. The SMILES string of the molecule is Cc1cccc2c1c([C@@H]1O[C@H](CO)[C@@H](O)[C@H](O)[C@H]1O)cn2Cc1ccc(OC(C)C)cc1. The molecule has 1 aliphatic rings. The molecule has 0 radical (unpaired) electrons. The fourth-order valence-electron chi connectivity index (χ4n) is 4.42. The van der Waals surface area contributed by atoms with E-state index < -0.39 is 37.1 Å². The van der Waals surface area contributed by atoms with E-state index in [0.717, 1.165) is 33.3 Å². The number of nitrogens with zero attached hydrogens (tertiary/aromatic N) is 1. The largest absolute Gasteiger partial charge is 0.491 e. The van der Waals surface area contributed by atoms with E-state index in [1.54, 1.807) is 0 Å². The molecule has 0 saturated carbocycles. The highest BCUT2D eigenvalue weighted by Gasteiger charge is 2.44. The van der Waals surface area contributed by atoms with Crippen LogP contribution in [0.15, 0.2) is 48.7 Å². The quantitative estimate of drug-likeness (QED) is 0.468. The summed E-state index contributed by atoms with van der Waals surface area (Å²) in [7, 11) is 0. The average Bonchev–Trinajstić information content (AvgIpc) is 3.13. The molecule has 4 N–H and O–H groups in total. The Morgan fingerprint density at radius 3 is 2.38 bits per heavy atom. The molecule has 2 aromatic carbocycles. The summed E-state index contributed by atoms with van der Waals surface area (Å²) in [6.45, 7) is 6.10. The molecule has 32 heavy (non-hydrogen) atoms. The van der Waals surface area contributed by atoms with Gasteiger partial charge in [0, 0.05) is 29.2 Å². The van der Waals surface area contributed by atoms with Crippen LogP contribution in [0.4, 0.5) is 0 Å². The lowest BCUT2D eigenvalue weighted by molar-refractivity contribution is -0.231. The lowest BCUT2D eigenvalue weighted by atomic mass is 9.90. The van der Waals surface area contributed by atoms with Gasteiger partial charge in [0.2, 0.25) is 0 Å². The van der Waals surface area contributed by atoms with Gasteiger partial charge in [0.1, 0.15) is 36.3 Å². The fraction of sp³-hybridized carbons (Fsp3) is 0.440. The summed E-state index contributed by atoms with van der Waals surface area (Å²) in [6, 6.07) is 13.9. The molecule has 7 heteroatoms. The molecule has 0 bridgehead atoms. The number of aryl methyl sites for hydroxylation is 1. The van der Waals surface area contributed by atoms with Crippen LogP contribution in [0.5, 0.6) is 5.75 Å². The third-order valence-electron chi connectivity index (χ3n) is 5.99. The minimum atomic E-state index is -1.41. The third-order valence-corrected chi connectivity index (χ3v) is 5.99. The highest BCUT2D eigenvalue weighted by molar-refractivity contribution is 5.87. The van der Waals surface area contributed by atoms with Crippen molar-refractivity contribution in [1.29, 1.82) is 0 Å². The molecule has 2 heterocycles. The van der Waals surface area contributed by atoms with Crippen LogP contribution in [0.1, 0.15) is 36.6 Å². The second-order valence-electron chi connectivity index (χ2n) is 8.74. The predicted molar refractivity (Wildman–Crippen MR) is 121 cm³/mol. The molecule has 0 spiro atoms. The van der Waals surface area contributed by atoms with Crippen LogP contribution in [-0.2, 0) is 11.3 Å². The van der Waals surface area contributed by atoms with Crippen LogP contribution in [0.3, 0.4) is 0 Å². The van der Waals surface area contributed by atoms with Crippen LogP contribution < -0.4 is 4.74 Å². The van der Waals surface area contributed by atoms with E-state index in [4.69, 9.17) is 9.47 Å². The van der Waals surface area contributed by atoms with Gasteiger partial charge in [0.25, 0.3) is 0 Å². The van der Waals surface area contributed by atoms with Gasteiger partial charge in [-0.05, 0) is 50.1 Å². The molecular weight excluding hydrogens is 410 g/mol. The first-order valence-corrected chi connectivity index (χ1v) is 10.9. The first-order chi connectivity index (χ1) is 15.3. The summed E-state index contributed by atoms with van der Waals surface area (Å²) in [6.07, 6.45) is -3.92. The number of aliphatic hydroxyl groups is 4. The van der Waals surface area contributed by atoms with E-state index in [2.05, 4.69) is 4.57 Å². The minimum absolute atomic E-state index is 0.110. The number of aliphatic hydroxyl groups excluding tert-OH is 4. The van der Waals surface area contributed by atoms with Crippen molar-refractivity contribution in [2.45, 2.75) is 63.9 Å². The highest BCUT2D eigenvalue weighted by Crippen LogP contribution is 2.38. The summed E-state index contributed by atoms with van der Waals surface area (Å²) >= 11 is 0. The first-order valence-electron chi connectivity index (χ1n) is 10.9. The van der Waals surface area contributed by atoms with Crippen molar-refractivity contribution >= 4 is 10.9 Å². The van der Waals surface area contributed by atoms with E-state index >= 15 is 0 Å². The maximum absolute atomic E-state index is 10.7. The Morgan fingerprint density at radius 2 is 1.72 bits per heavy atom. The predicted octanol–water partition coefficient (Wildman–Crippen LogP) is 2.30. The Labute approximate surface area is 187 Å². The van der Waals surface area contributed by atoms with Gasteiger partial charge in [-0.3, -0.25) is 0 Å². The van der Waals surface area contributed by atoms with Gasteiger partial charge >= 0.3 is 0 Å². The van der Waals surface area contributed by atoms with Gasteiger partial charge < -0.3 is 34.5 Å². The fourth-order valence-corrected chi connectivity index (χ4v) is 4.42. The average molecular weight is 442 g/mol. The van der Waals surface area contributed by atoms with E-state index in [0.29, 0.717) is 6.54 Å². The zero-order chi connectivity index (χ0) is 23.0. The molecule has 7 nitrogen and oxygen atoms in total. The molecule has 172 valence electrons. The van der Waals surface area contributed by atoms with Crippen LogP contribution >= 0.6 is 0 Å². The Bertz CT molecular complexity index is 1060. The van der Waals surface area contributed by atoms with Crippen molar-refractivity contribution in [2.24, 2.45) is 0 Å². The van der Waals surface area contributed by atoms with Crippen molar-refractivity contribution in [1.82, 2.24) is 4.57 Å². The van der Waals surface area contributed by atoms with Crippen LogP contribution in [0.25, 0.3) is 10.9 Å². The molecule has 1 aliphatic heterocycles. The summed E-state index contributed by atoms with van der Waals surface area (Å²) in [5, 5.41) is 41.6. The summed E-state index contributed by atoms with van der Waals surface area (Å²) in [4.78, 5) is 0. The van der Waals surface area contributed by atoms with E-state index in [-0.39, 0.29) is 6.10 Å². The smallest absolute Gasteiger partial charge is 0.119 e. The van der Waals surface area contributed by atoms with Crippen molar-refractivity contribution < 1.29 is 29.9 Å². The second-order valence-corrected chi connectivity index (χ2v) is 8.74. The summed E-state index contributed by atoms with van der Waals surface area (Å²) in [5.41, 5.74) is 3.78. The van der Waals surface area contributed by atoms with Gasteiger partial charge in [-0.2, -0.15) is 0 Å². The van der Waals surface area contributed by atoms with Crippen LogP contribution in [0.2, 0.25) is 0 Å². The zero-order valence-corrected chi connectivity index (χ0v) is 18.5. The van der Waals surface area contributed by atoms with Gasteiger partial charge in [0.15, 0.2) is 0 Å². The summed E-state index contributed by atoms with van der Waals surface area (Å²) < 4.78 is 13.7. The van der Waals surface area contributed by atoms with Gasteiger partial charge in [-0.25, -0.2) is 0 Å². The number of aromatic nitrogens is 1. The Morgan fingerprint density at radius 1 is 1.00 bits per heavy atom. The molecule has 0 aliphatic carbocycles. The number of benzene rings is 2. The van der Waals surface area contributed by atoms with Crippen LogP contribution in [-0.4, -0.2) is 62.1 Å². The van der Waals surface area contributed by atoms with Crippen molar-refractivity contribution in [3.8, 4) is 5.75 Å². The van der Waals surface area contributed by atoms with E-state index in [1.165, 1.54) is 0 Å². The zero-order valence-electron chi connectivity index (χ0n) is 18.5. The molecule has 3 aromatic rings. The second kappa shape index (κ2) is 9.21. The van der Waals surface area contributed by atoms with Gasteiger partial charge in [-0.15, -0.1) is 0 Å². The molecule has 1 saturated heterocycles. The molecule has 1 fully saturated rings. The number of fused-ring (bicyclic) bond motifs is 1. The monoisotopic (exact) mass is 441 g/mol. The molecule has 4 rings (SSSR count). The number of ether oxygens (including phenoxy) is 2. The van der Waals surface area contributed by atoms with Crippen molar-refractivity contribution in [3.05, 3.63) is 65.4 Å². The number of rotatable bonds is 6. The van der Waals surface area contributed by atoms with E-state index in [1.807, 2.05) is 69.4 Å². The Hall–Kier alpha value is -2.42. The molecule has 0 unspecified atom stereocenters. The van der Waals surface area contributed by atoms with Crippen LogP contribution in [0, 0.1) is 6.92 Å². The molecule has 5 atom stereocenters. The number of hydrogen-bond donors (Lipinski definition) is 4. The topological polar surface area (TPSA) is 104 Å². The minimum Gasteiger partial charge on any atom is -0.491 e. The van der Waals surface area contributed by atoms with Crippen molar-refractivity contribution in [3.63, 3.8) is 0 Å². The summed E-state index contributed by atoms with van der Waals surface area (Å²) in [5.74, 6) is 0.818. The molecule has 0 amide bonds. The number of hydrogen-bond acceptors (Lipinski definition) is 6. The maximum atomic E-state index is 10.7. The van der Waals surface area contributed by atoms with Gasteiger partial charge in [0.05, 0.1) is 12.7 Å². The molecule has 1 aromatic heterocycles. The van der Waals surface area contributed by atoms with Gasteiger partial charge in [-0.1, -0.05) is 24.3 Å². The Kier molecular flexibility index (Phi) is 6.55. The van der Waals surface area contributed by atoms with E-state index in [9.17, 15) is 20.4 Å².